The topological polar surface area (TPSA) is 0 Å². The molecule has 0 atom stereocenters. The van der Waals surface area contributed by atoms with Crippen LogP contribution in [0, 0.1) is 5.92 Å². The molecule has 0 saturated heterocycles. The molecule has 0 heteroatoms. The van der Waals surface area contributed by atoms with Gasteiger partial charge in [-0.3, -0.25) is 0 Å². The molecule has 0 aromatic rings. The van der Waals surface area contributed by atoms with Crippen LogP contribution in [0.4, 0.5) is 0 Å². The van der Waals surface area contributed by atoms with Crippen LogP contribution < -0.4 is 0 Å². The van der Waals surface area contributed by atoms with E-state index in [-0.39, 0.29) is 0 Å². The monoisotopic (exact) mass is 150 g/mol. The van der Waals surface area contributed by atoms with Gasteiger partial charge in [-0.25, -0.2) is 0 Å². The summed E-state index contributed by atoms with van der Waals surface area (Å²) in [6.45, 7) is 2.38. The molecule has 2 fully saturated rings. The third-order valence-electron chi connectivity index (χ3n) is 3.48. The molecule has 0 unspecified atom stereocenters. The molecule has 0 bridgehead atoms. The van der Waals surface area contributed by atoms with Gasteiger partial charge < -0.3 is 0 Å². The Morgan fingerprint density at radius 3 is 2.18 bits per heavy atom. The molecule has 2 rings (SSSR count). The first-order chi connectivity index (χ1) is 5.38. The molecule has 0 aromatic heterocycles. The molecule has 2 saturated carbocycles. The molecule has 0 aromatic carbocycles. The van der Waals surface area contributed by atoms with E-state index in [0.29, 0.717) is 0 Å². The van der Waals surface area contributed by atoms with Crippen LogP contribution in [0.1, 0.15) is 51.9 Å². The van der Waals surface area contributed by atoms with Gasteiger partial charge in [0, 0.05) is 0 Å². The van der Waals surface area contributed by atoms with Crippen molar-refractivity contribution >= 4 is 0 Å². The van der Waals surface area contributed by atoms with E-state index in [1.165, 1.54) is 44.9 Å². The van der Waals surface area contributed by atoms with Gasteiger partial charge in [0.1, 0.15) is 0 Å². The van der Waals surface area contributed by atoms with E-state index in [2.05, 4.69) is 6.92 Å². The Balaban J connectivity index is 2.02. The van der Waals surface area contributed by atoms with E-state index >= 15 is 0 Å². The number of hydrogen-bond donors (Lipinski definition) is 0. The lowest BCUT2D eigenvalue weighted by molar-refractivity contribution is 0.578. The number of rotatable bonds is 1. The second kappa shape index (κ2) is 3.00. The average molecular weight is 150 g/mol. The molecule has 2 aliphatic carbocycles. The molecular weight excluding hydrogens is 132 g/mol. The van der Waals surface area contributed by atoms with Gasteiger partial charge in [0.2, 0.25) is 0 Å². The van der Waals surface area contributed by atoms with Gasteiger partial charge in [0.25, 0.3) is 0 Å². The number of hydrogen-bond acceptors (Lipinski definition) is 0. The zero-order chi connectivity index (χ0) is 7.68. The van der Waals surface area contributed by atoms with Crippen LogP contribution in [0.5, 0.6) is 0 Å². The van der Waals surface area contributed by atoms with E-state index in [4.69, 9.17) is 0 Å². The Morgan fingerprint density at radius 1 is 1.09 bits per heavy atom. The van der Waals surface area contributed by atoms with Gasteiger partial charge >= 0.3 is 0 Å². The van der Waals surface area contributed by atoms with Crippen LogP contribution in [0.15, 0.2) is 11.1 Å². The zero-order valence-corrected chi connectivity index (χ0v) is 7.53. The minimum absolute atomic E-state index is 0.991. The summed E-state index contributed by atoms with van der Waals surface area (Å²) in [5, 5.41) is 0. The van der Waals surface area contributed by atoms with Crippen molar-refractivity contribution in [3.63, 3.8) is 0 Å². The lowest BCUT2D eigenvalue weighted by Crippen LogP contribution is -2.06. The van der Waals surface area contributed by atoms with Crippen molar-refractivity contribution in [1.29, 1.82) is 0 Å². The summed E-state index contributed by atoms with van der Waals surface area (Å²) in [6.07, 6.45) is 10.2. The van der Waals surface area contributed by atoms with Crippen molar-refractivity contribution in [1.82, 2.24) is 0 Å². The lowest BCUT2D eigenvalue weighted by atomic mass is 9.83. The van der Waals surface area contributed by atoms with Crippen LogP contribution in [-0.4, -0.2) is 0 Å². The maximum atomic E-state index is 2.38. The summed E-state index contributed by atoms with van der Waals surface area (Å²) < 4.78 is 0. The van der Waals surface area contributed by atoms with Crippen molar-refractivity contribution in [2.24, 2.45) is 5.92 Å². The SMILES string of the molecule is CC(=C1CCC1)C1CCCC1. The van der Waals surface area contributed by atoms with Crippen LogP contribution in [0.3, 0.4) is 0 Å². The van der Waals surface area contributed by atoms with Crippen molar-refractivity contribution in [2.45, 2.75) is 51.9 Å². The molecule has 0 radical (unpaired) electrons. The quantitative estimate of drug-likeness (QED) is 0.500. The van der Waals surface area contributed by atoms with E-state index in [9.17, 15) is 0 Å². The number of allylic oxidation sites excluding steroid dienone is 2. The molecule has 0 aliphatic heterocycles. The van der Waals surface area contributed by atoms with Crippen molar-refractivity contribution in [3.05, 3.63) is 11.1 Å². The summed E-state index contributed by atoms with van der Waals surface area (Å²) in [5.74, 6) is 0.991. The fraction of sp³-hybridized carbons (Fsp3) is 0.818. The summed E-state index contributed by atoms with van der Waals surface area (Å²) in [6, 6.07) is 0. The molecule has 11 heavy (non-hydrogen) atoms. The second-order valence-electron chi connectivity index (χ2n) is 4.12. The second-order valence-corrected chi connectivity index (χ2v) is 4.12. The van der Waals surface area contributed by atoms with Crippen LogP contribution in [0.25, 0.3) is 0 Å². The van der Waals surface area contributed by atoms with Gasteiger partial charge in [-0.15, -0.1) is 0 Å². The molecule has 0 heterocycles. The van der Waals surface area contributed by atoms with Gasteiger partial charge in [-0.1, -0.05) is 24.0 Å². The molecular formula is C11H18. The van der Waals surface area contributed by atoms with Crippen molar-refractivity contribution < 1.29 is 0 Å². The Morgan fingerprint density at radius 2 is 1.73 bits per heavy atom. The van der Waals surface area contributed by atoms with E-state index in [0.717, 1.165) is 5.92 Å². The summed E-state index contributed by atoms with van der Waals surface area (Å²) >= 11 is 0. The summed E-state index contributed by atoms with van der Waals surface area (Å²) in [5.41, 5.74) is 3.57. The highest BCUT2D eigenvalue weighted by Crippen LogP contribution is 2.38. The molecule has 2 aliphatic rings. The Bertz CT molecular complexity index is 164. The minimum atomic E-state index is 0.991. The Labute approximate surface area is 69.7 Å². The highest BCUT2D eigenvalue weighted by Gasteiger charge is 2.21. The average Bonchev–Trinajstić information content (AvgIpc) is 2.32. The molecule has 0 spiro atoms. The van der Waals surface area contributed by atoms with Gasteiger partial charge in [-0.2, -0.15) is 0 Å². The van der Waals surface area contributed by atoms with E-state index in [1.807, 2.05) is 0 Å². The highest BCUT2D eigenvalue weighted by molar-refractivity contribution is 5.20. The van der Waals surface area contributed by atoms with Gasteiger partial charge in [0.05, 0.1) is 0 Å². The highest BCUT2D eigenvalue weighted by atomic mass is 14.3. The van der Waals surface area contributed by atoms with Crippen molar-refractivity contribution in [2.75, 3.05) is 0 Å². The van der Waals surface area contributed by atoms with E-state index < -0.39 is 0 Å². The fourth-order valence-corrected chi connectivity index (χ4v) is 2.40. The first kappa shape index (κ1) is 7.39. The van der Waals surface area contributed by atoms with Crippen LogP contribution in [0.2, 0.25) is 0 Å². The van der Waals surface area contributed by atoms with Crippen LogP contribution in [-0.2, 0) is 0 Å². The predicted octanol–water partition coefficient (Wildman–Crippen LogP) is 3.68. The normalized spacial score (nSPS) is 25.4. The Kier molecular flexibility index (Phi) is 2.02. The van der Waals surface area contributed by atoms with E-state index in [1.54, 1.807) is 11.1 Å². The minimum Gasteiger partial charge on any atom is -0.0710 e. The largest absolute Gasteiger partial charge is 0.0710 e. The van der Waals surface area contributed by atoms with Gasteiger partial charge in [-0.05, 0) is 44.9 Å². The maximum Gasteiger partial charge on any atom is -0.0203 e. The first-order valence-electron chi connectivity index (χ1n) is 5.06. The Hall–Kier alpha value is -0.260. The fourth-order valence-electron chi connectivity index (χ4n) is 2.40. The van der Waals surface area contributed by atoms with Crippen molar-refractivity contribution in [3.8, 4) is 0 Å². The molecule has 0 N–H and O–H groups in total. The first-order valence-corrected chi connectivity index (χ1v) is 5.06. The predicted molar refractivity (Wildman–Crippen MR) is 48.5 cm³/mol. The third-order valence-corrected chi connectivity index (χ3v) is 3.48. The van der Waals surface area contributed by atoms with Gasteiger partial charge in [0.15, 0.2) is 0 Å². The maximum absolute atomic E-state index is 2.38. The molecule has 0 amide bonds. The smallest absolute Gasteiger partial charge is 0.0203 e. The summed E-state index contributed by atoms with van der Waals surface area (Å²) in [7, 11) is 0. The van der Waals surface area contributed by atoms with Crippen LogP contribution >= 0.6 is 0 Å². The standard InChI is InChI=1S/C11H18/c1-9(11-7-4-8-11)10-5-2-3-6-10/h10H,2-8H2,1H3. The third kappa shape index (κ3) is 1.36. The zero-order valence-electron chi connectivity index (χ0n) is 7.53. The summed E-state index contributed by atoms with van der Waals surface area (Å²) in [4.78, 5) is 0. The molecule has 62 valence electrons. The lowest BCUT2D eigenvalue weighted by Gasteiger charge is -2.23. The molecule has 0 nitrogen and oxygen atoms in total.